The number of H-pyrrole nitrogens is 1. The quantitative estimate of drug-likeness (QED) is 0.752. The van der Waals surface area contributed by atoms with E-state index in [9.17, 15) is 0 Å². The fraction of sp³-hybridized carbons (Fsp3) is 0.667. The topological polar surface area (TPSA) is 27.8 Å². The van der Waals surface area contributed by atoms with Crippen LogP contribution >= 0.6 is 0 Å². The Kier molecular flexibility index (Phi) is 2.09. The molecule has 2 saturated carbocycles. The Hall–Kier alpha value is -0.760. The predicted octanol–water partition coefficient (Wildman–Crippen LogP) is 2.29. The molecule has 2 aliphatic rings. The third kappa shape index (κ3) is 1.48. The van der Waals surface area contributed by atoms with Gasteiger partial charge in [-0.1, -0.05) is 6.42 Å². The molecule has 1 aromatic rings. The lowest BCUT2D eigenvalue weighted by atomic mass is 9.95. The van der Waals surface area contributed by atoms with Crippen LogP contribution in [0.25, 0.3) is 0 Å². The molecule has 2 nitrogen and oxygen atoms in total. The van der Waals surface area contributed by atoms with Crippen molar-refractivity contribution >= 4 is 0 Å². The van der Waals surface area contributed by atoms with Crippen molar-refractivity contribution < 1.29 is 0 Å². The van der Waals surface area contributed by atoms with E-state index in [-0.39, 0.29) is 0 Å². The number of hydrogen-bond acceptors (Lipinski definition) is 1. The van der Waals surface area contributed by atoms with E-state index in [0.29, 0.717) is 0 Å². The molecule has 3 atom stereocenters. The minimum atomic E-state index is 0.809. The van der Waals surface area contributed by atoms with Gasteiger partial charge in [0.1, 0.15) is 0 Å². The molecule has 3 unspecified atom stereocenters. The highest BCUT2D eigenvalue weighted by atomic mass is 14.9. The van der Waals surface area contributed by atoms with Crippen molar-refractivity contribution in [3.63, 3.8) is 0 Å². The summed E-state index contributed by atoms with van der Waals surface area (Å²) < 4.78 is 0. The predicted molar refractivity (Wildman–Crippen MR) is 56.9 cm³/mol. The molecule has 0 amide bonds. The van der Waals surface area contributed by atoms with Crippen molar-refractivity contribution in [2.75, 3.05) is 0 Å². The first-order valence-corrected chi connectivity index (χ1v) is 5.77. The van der Waals surface area contributed by atoms with Crippen LogP contribution in [-0.2, 0) is 6.54 Å². The molecular formula is C12H18N2. The van der Waals surface area contributed by atoms with E-state index < -0.39 is 0 Å². The lowest BCUT2D eigenvalue weighted by Crippen LogP contribution is -2.33. The second kappa shape index (κ2) is 3.43. The van der Waals surface area contributed by atoms with Gasteiger partial charge in [-0.15, -0.1) is 0 Å². The van der Waals surface area contributed by atoms with Gasteiger partial charge in [-0.3, -0.25) is 0 Å². The van der Waals surface area contributed by atoms with Gasteiger partial charge in [0.15, 0.2) is 0 Å². The van der Waals surface area contributed by atoms with Crippen LogP contribution in [0.2, 0.25) is 0 Å². The number of rotatable bonds is 3. The van der Waals surface area contributed by atoms with Gasteiger partial charge in [0.05, 0.1) is 0 Å². The van der Waals surface area contributed by atoms with Crippen molar-refractivity contribution in [2.24, 2.45) is 11.8 Å². The number of aromatic amines is 1. The highest BCUT2D eigenvalue weighted by Gasteiger charge is 2.38. The molecule has 1 aromatic heterocycles. The summed E-state index contributed by atoms with van der Waals surface area (Å²) in [6, 6.07) is 2.96. The summed E-state index contributed by atoms with van der Waals surface area (Å²) >= 11 is 0. The van der Waals surface area contributed by atoms with Crippen LogP contribution in [0.5, 0.6) is 0 Å². The fourth-order valence-corrected chi connectivity index (χ4v) is 3.21. The number of aromatic nitrogens is 1. The van der Waals surface area contributed by atoms with Gasteiger partial charge in [0, 0.05) is 25.0 Å². The van der Waals surface area contributed by atoms with Crippen LogP contribution in [0.15, 0.2) is 18.5 Å². The Balaban J connectivity index is 1.54. The van der Waals surface area contributed by atoms with E-state index >= 15 is 0 Å². The smallest absolute Gasteiger partial charge is 0.0223 e. The van der Waals surface area contributed by atoms with E-state index in [4.69, 9.17) is 0 Å². The molecule has 2 fully saturated rings. The fourth-order valence-electron chi connectivity index (χ4n) is 3.21. The molecule has 2 bridgehead atoms. The van der Waals surface area contributed by atoms with Crippen LogP contribution in [0.4, 0.5) is 0 Å². The maximum Gasteiger partial charge on any atom is 0.0223 e. The van der Waals surface area contributed by atoms with Gasteiger partial charge in [-0.25, -0.2) is 0 Å². The van der Waals surface area contributed by atoms with Crippen LogP contribution in [0, 0.1) is 11.8 Å². The van der Waals surface area contributed by atoms with Crippen LogP contribution in [-0.4, -0.2) is 11.0 Å². The third-order valence-corrected chi connectivity index (χ3v) is 3.97. The summed E-state index contributed by atoms with van der Waals surface area (Å²) in [6.07, 6.45) is 9.96. The zero-order valence-corrected chi connectivity index (χ0v) is 8.50. The molecule has 76 valence electrons. The minimum Gasteiger partial charge on any atom is -0.367 e. The first-order valence-electron chi connectivity index (χ1n) is 5.77. The molecular weight excluding hydrogens is 172 g/mol. The molecule has 2 N–H and O–H groups in total. The maximum absolute atomic E-state index is 3.70. The van der Waals surface area contributed by atoms with Crippen molar-refractivity contribution in [1.29, 1.82) is 0 Å². The lowest BCUT2D eigenvalue weighted by molar-refractivity contribution is 0.351. The SMILES string of the molecule is c1cc(CNC2CC3CCC2C3)c[nH]1. The second-order valence-electron chi connectivity index (χ2n) is 4.88. The number of hydrogen-bond donors (Lipinski definition) is 2. The Labute approximate surface area is 85.1 Å². The summed E-state index contributed by atoms with van der Waals surface area (Å²) in [6.45, 7) is 1.04. The van der Waals surface area contributed by atoms with Gasteiger partial charge in [0.25, 0.3) is 0 Å². The van der Waals surface area contributed by atoms with Gasteiger partial charge in [-0.05, 0) is 42.7 Å². The largest absolute Gasteiger partial charge is 0.367 e. The second-order valence-corrected chi connectivity index (χ2v) is 4.88. The first-order chi connectivity index (χ1) is 6.92. The Morgan fingerprint density at radius 3 is 3.00 bits per heavy atom. The van der Waals surface area contributed by atoms with Gasteiger partial charge in [-0.2, -0.15) is 0 Å². The number of nitrogens with one attached hydrogen (secondary N) is 2. The standard InChI is InChI=1S/C12H18N2/c1-2-11-5-9(1)6-12(11)14-8-10-3-4-13-7-10/h3-4,7,9,11-14H,1-2,5-6,8H2. The third-order valence-electron chi connectivity index (χ3n) is 3.97. The molecule has 0 aliphatic heterocycles. The average Bonchev–Trinajstić information content (AvgIpc) is 2.91. The monoisotopic (exact) mass is 190 g/mol. The Morgan fingerprint density at radius 2 is 2.36 bits per heavy atom. The van der Waals surface area contributed by atoms with E-state index in [1.807, 2.05) is 6.20 Å². The molecule has 2 heteroatoms. The average molecular weight is 190 g/mol. The maximum atomic E-state index is 3.70. The molecule has 0 saturated heterocycles. The van der Waals surface area contributed by atoms with E-state index in [2.05, 4.69) is 22.6 Å². The highest BCUT2D eigenvalue weighted by Crippen LogP contribution is 2.44. The Morgan fingerprint density at radius 1 is 1.36 bits per heavy atom. The Bertz CT molecular complexity index is 291. The van der Waals surface area contributed by atoms with Crippen molar-refractivity contribution in [3.05, 3.63) is 24.0 Å². The zero-order chi connectivity index (χ0) is 9.38. The highest BCUT2D eigenvalue weighted by molar-refractivity contribution is 5.08. The van der Waals surface area contributed by atoms with E-state index in [1.165, 1.54) is 31.2 Å². The summed E-state index contributed by atoms with van der Waals surface area (Å²) in [5.41, 5.74) is 1.38. The van der Waals surface area contributed by atoms with E-state index in [0.717, 1.165) is 24.4 Å². The van der Waals surface area contributed by atoms with Gasteiger partial charge in [0.2, 0.25) is 0 Å². The summed E-state index contributed by atoms with van der Waals surface area (Å²) in [4.78, 5) is 3.10. The number of fused-ring (bicyclic) bond motifs is 2. The summed E-state index contributed by atoms with van der Waals surface area (Å²) in [5.74, 6) is 2.03. The molecule has 1 heterocycles. The van der Waals surface area contributed by atoms with Crippen molar-refractivity contribution in [2.45, 2.75) is 38.3 Å². The van der Waals surface area contributed by atoms with Crippen LogP contribution in [0.3, 0.4) is 0 Å². The van der Waals surface area contributed by atoms with Crippen LogP contribution in [0.1, 0.15) is 31.2 Å². The summed E-state index contributed by atoms with van der Waals surface area (Å²) in [7, 11) is 0. The first kappa shape index (κ1) is 8.54. The van der Waals surface area contributed by atoms with Gasteiger partial charge < -0.3 is 10.3 Å². The molecule has 0 spiro atoms. The minimum absolute atomic E-state index is 0.809. The van der Waals surface area contributed by atoms with E-state index in [1.54, 1.807) is 0 Å². The zero-order valence-electron chi connectivity index (χ0n) is 8.50. The molecule has 3 rings (SSSR count). The van der Waals surface area contributed by atoms with Crippen molar-refractivity contribution in [1.82, 2.24) is 10.3 Å². The van der Waals surface area contributed by atoms with Crippen molar-refractivity contribution in [3.8, 4) is 0 Å². The van der Waals surface area contributed by atoms with Crippen LogP contribution < -0.4 is 5.32 Å². The normalized spacial score (nSPS) is 35.3. The van der Waals surface area contributed by atoms with Gasteiger partial charge >= 0.3 is 0 Å². The molecule has 2 aliphatic carbocycles. The lowest BCUT2D eigenvalue weighted by Gasteiger charge is -2.22. The summed E-state index contributed by atoms with van der Waals surface area (Å²) in [5, 5.41) is 3.70. The molecule has 0 aromatic carbocycles. The molecule has 14 heavy (non-hydrogen) atoms. The molecule has 0 radical (unpaired) electrons.